The van der Waals surface area contributed by atoms with Crippen LogP contribution in [0.3, 0.4) is 0 Å². The third-order valence-electron chi connectivity index (χ3n) is 5.38. The number of methoxy groups -OCH3 is 1. The van der Waals surface area contributed by atoms with E-state index in [0.717, 1.165) is 5.56 Å². The summed E-state index contributed by atoms with van der Waals surface area (Å²) in [6.45, 7) is 5.21. The predicted octanol–water partition coefficient (Wildman–Crippen LogP) is 3.59. The maximum absolute atomic E-state index is 13.1. The van der Waals surface area contributed by atoms with Gasteiger partial charge < -0.3 is 9.64 Å². The summed E-state index contributed by atoms with van der Waals surface area (Å²) in [6.07, 6.45) is 1.06. The second-order valence-corrected chi connectivity index (χ2v) is 7.28. The number of nitrogens with zero attached hydrogens (tertiary/aromatic N) is 3. The summed E-state index contributed by atoms with van der Waals surface area (Å²) in [4.78, 5) is 32.7. The third-order valence-corrected chi connectivity index (χ3v) is 5.38. The Bertz CT molecular complexity index is 1050. The van der Waals surface area contributed by atoms with Gasteiger partial charge in [0.1, 0.15) is 5.82 Å². The summed E-state index contributed by atoms with van der Waals surface area (Å²) in [5.74, 6) is 0.624. The highest BCUT2D eigenvalue weighted by Gasteiger charge is 2.25. The number of fused-ring (bicyclic) bond motifs is 1. The van der Waals surface area contributed by atoms with Crippen molar-refractivity contribution in [2.24, 2.45) is 0 Å². The Hall–Kier alpha value is -2.99. The van der Waals surface area contributed by atoms with Crippen LogP contribution in [0.25, 0.3) is 10.9 Å². The van der Waals surface area contributed by atoms with Gasteiger partial charge in [0.2, 0.25) is 5.91 Å². The summed E-state index contributed by atoms with van der Waals surface area (Å²) in [5.41, 5.74) is 1.70. The molecule has 0 fully saturated rings. The lowest BCUT2D eigenvalue weighted by Gasteiger charge is -2.30. The van der Waals surface area contributed by atoms with Crippen molar-refractivity contribution in [1.82, 2.24) is 14.5 Å². The molecule has 6 heteroatoms. The fourth-order valence-electron chi connectivity index (χ4n) is 3.71. The lowest BCUT2D eigenvalue weighted by Crippen LogP contribution is -2.39. The molecule has 2 aromatic carbocycles. The molecule has 1 atom stereocenters. The zero-order valence-corrected chi connectivity index (χ0v) is 17.9. The first kappa shape index (κ1) is 21.7. The van der Waals surface area contributed by atoms with E-state index < -0.39 is 0 Å². The minimum atomic E-state index is -0.347. The summed E-state index contributed by atoms with van der Waals surface area (Å²) >= 11 is 0. The lowest BCUT2D eigenvalue weighted by molar-refractivity contribution is -0.134. The number of ether oxygens (including phenoxy) is 1. The molecule has 1 aromatic heterocycles. The molecule has 158 valence electrons. The minimum absolute atomic E-state index is 0.0217. The average Bonchev–Trinajstić information content (AvgIpc) is 2.78. The predicted molar refractivity (Wildman–Crippen MR) is 118 cm³/mol. The Morgan fingerprint density at radius 1 is 1.13 bits per heavy atom. The molecule has 6 nitrogen and oxygen atoms in total. The number of carbonyl (C=O) groups is 1. The number of hydrogen-bond acceptors (Lipinski definition) is 4. The number of hydrogen-bond donors (Lipinski definition) is 0. The smallest absolute Gasteiger partial charge is 0.261 e. The van der Waals surface area contributed by atoms with Crippen LogP contribution in [0, 0.1) is 0 Å². The van der Waals surface area contributed by atoms with E-state index in [4.69, 9.17) is 9.72 Å². The Balaban J connectivity index is 1.91. The van der Waals surface area contributed by atoms with Gasteiger partial charge in [0.15, 0.2) is 0 Å². The van der Waals surface area contributed by atoms with Crippen LogP contribution in [-0.4, -0.2) is 40.6 Å². The van der Waals surface area contributed by atoms with Crippen molar-refractivity contribution in [3.05, 3.63) is 76.3 Å². The first-order valence-electron chi connectivity index (χ1n) is 10.4. The Morgan fingerprint density at radius 3 is 2.53 bits per heavy atom. The van der Waals surface area contributed by atoms with E-state index in [9.17, 15) is 9.59 Å². The van der Waals surface area contributed by atoms with Crippen LogP contribution >= 0.6 is 0 Å². The summed E-state index contributed by atoms with van der Waals surface area (Å²) in [5, 5.41) is 0.592. The summed E-state index contributed by atoms with van der Waals surface area (Å²) in [7, 11) is 1.62. The van der Waals surface area contributed by atoms with E-state index >= 15 is 0 Å². The minimum Gasteiger partial charge on any atom is -0.383 e. The molecule has 0 saturated heterocycles. The van der Waals surface area contributed by atoms with Crippen LogP contribution in [0.5, 0.6) is 0 Å². The zero-order chi connectivity index (χ0) is 21.5. The second kappa shape index (κ2) is 10.2. The molecule has 30 heavy (non-hydrogen) atoms. The molecule has 1 unspecified atom stereocenters. The van der Waals surface area contributed by atoms with Crippen molar-refractivity contribution in [1.29, 1.82) is 0 Å². The van der Waals surface area contributed by atoms with Crippen LogP contribution in [0.1, 0.15) is 37.7 Å². The van der Waals surface area contributed by atoms with Crippen molar-refractivity contribution < 1.29 is 9.53 Å². The van der Waals surface area contributed by atoms with Gasteiger partial charge in [0.25, 0.3) is 5.56 Å². The quantitative estimate of drug-likeness (QED) is 0.544. The van der Waals surface area contributed by atoms with Gasteiger partial charge in [-0.25, -0.2) is 4.98 Å². The van der Waals surface area contributed by atoms with E-state index in [2.05, 4.69) is 0 Å². The van der Waals surface area contributed by atoms with Crippen LogP contribution < -0.4 is 5.56 Å². The van der Waals surface area contributed by atoms with Gasteiger partial charge >= 0.3 is 0 Å². The molecule has 0 aliphatic carbocycles. The molecule has 0 spiro atoms. The van der Waals surface area contributed by atoms with Crippen molar-refractivity contribution in [3.63, 3.8) is 0 Å². The van der Waals surface area contributed by atoms with Crippen molar-refractivity contribution in [2.75, 3.05) is 20.3 Å². The van der Waals surface area contributed by atoms with E-state index in [0.29, 0.717) is 49.3 Å². The van der Waals surface area contributed by atoms with Gasteiger partial charge in [-0.15, -0.1) is 0 Å². The van der Waals surface area contributed by atoms with Gasteiger partial charge in [0, 0.05) is 26.6 Å². The van der Waals surface area contributed by atoms with Crippen LogP contribution in [-0.2, 0) is 22.5 Å². The Kier molecular flexibility index (Phi) is 7.36. The van der Waals surface area contributed by atoms with Crippen molar-refractivity contribution >= 4 is 16.8 Å². The van der Waals surface area contributed by atoms with Crippen molar-refractivity contribution in [2.45, 2.75) is 39.3 Å². The van der Waals surface area contributed by atoms with Gasteiger partial charge in [-0.2, -0.15) is 0 Å². The van der Waals surface area contributed by atoms with E-state index in [1.54, 1.807) is 22.6 Å². The molecular weight excluding hydrogens is 378 g/mol. The fourth-order valence-corrected chi connectivity index (χ4v) is 3.71. The normalized spacial score (nSPS) is 12.1. The highest BCUT2D eigenvalue weighted by molar-refractivity contribution is 5.78. The van der Waals surface area contributed by atoms with Crippen LogP contribution in [0.4, 0.5) is 0 Å². The molecule has 0 bridgehead atoms. The summed E-state index contributed by atoms with van der Waals surface area (Å²) in [6, 6.07) is 17.0. The molecule has 1 heterocycles. The molecule has 0 aliphatic heterocycles. The van der Waals surface area contributed by atoms with Gasteiger partial charge in [-0.05, 0) is 38.0 Å². The van der Waals surface area contributed by atoms with Gasteiger partial charge in [0.05, 0.1) is 23.6 Å². The SMILES string of the molecule is CCn1c(C(C)N(CCOC)C(=O)CCc2ccccc2)nc2ccccc2c1=O. The van der Waals surface area contributed by atoms with E-state index in [-0.39, 0.29) is 17.5 Å². The largest absolute Gasteiger partial charge is 0.383 e. The number of aromatic nitrogens is 2. The molecule has 3 aromatic rings. The first-order valence-corrected chi connectivity index (χ1v) is 10.4. The third kappa shape index (κ3) is 4.76. The average molecular weight is 408 g/mol. The Morgan fingerprint density at radius 2 is 1.83 bits per heavy atom. The van der Waals surface area contributed by atoms with Gasteiger partial charge in [-0.1, -0.05) is 42.5 Å². The molecular formula is C24H29N3O3. The number of rotatable bonds is 9. The Labute approximate surface area is 177 Å². The molecule has 3 rings (SSSR count). The first-order chi connectivity index (χ1) is 14.6. The number of aryl methyl sites for hydroxylation is 1. The highest BCUT2D eigenvalue weighted by Crippen LogP contribution is 2.21. The van der Waals surface area contributed by atoms with Crippen LogP contribution in [0.2, 0.25) is 0 Å². The number of amides is 1. The monoisotopic (exact) mass is 407 g/mol. The molecule has 0 saturated carbocycles. The number of para-hydroxylation sites is 1. The molecule has 0 aliphatic rings. The lowest BCUT2D eigenvalue weighted by atomic mass is 10.1. The standard InChI is InChI=1S/C24H29N3O3/c1-4-26-23(25-21-13-9-8-12-20(21)24(26)29)18(2)27(16-17-30-3)22(28)15-14-19-10-6-5-7-11-19/h5-13,18H,4,14-17H2,1-3H3. The fraction of sp³-hybridized carbons (Fsp3) is 0.375. The van der Waals surface area contributed by atoms with Crippen molar-refractivity contribution in [3.8, 4) is 0 Å². The second-order valence-electron chi connectivity index (χ2n) is 7.28. The topological polar surface area (TPSA) is 64.4 Å². The maximum atomic E-state index is 13.1. The van der Waals surface area contributed by atoms with E-state index in [1.165, 1.54) is 0 Å². The molecule has 0 radical (unpaired) electrons. The number of carbonyl (C=O) groups excluding carboxylic acids is 1. The molecule has 1 amide bonds. The molecule has 0 N–H and O–H groups in total. The van der Waals surface area contributed by atoms with E-state index in [1.807, 2.05) is 62.4 Å². The van der Waals surface area contributed by atoms with Gasteiger partial charge in [-0.3, -0.25) is 14.2 Å². The van der Waals surface area contributed by atoms with Crippen LogP contribution in [0.15, 0.2) is 59.4 Å². The highest BCUT2D eigenvalue weighted by atomic mass is 16.5. The maximum Gasteiger partial charge on any atom is 0.261 e. The number of benzene rings is 2. The summed E-state index contributed by atoms with van der Waals surface area (Å²) < 4.78 is 6.90. The zero-order valence-electron chi connectivity index (χ0n) is 17.9.